The average molecular weight is 335 g/mol. The number of aromatic nitrogens is 3. The van der Waals surface area contributed by atoms with Crippen LogP contribution in [0.1, 0.15) is 5.56 Å². The van der Waals surface area contributed by atoms with E-state index in [4.69, 9.17) is 11.6 Å². The first-order valence-corrected chi connectivity index (χ1v) is 8.03. The van der Waals surface area contributed by atoms with Crippen molar-refractivity contribution >= 4 is 28.2 Å². The number of nitrogens with zero attached hydrogens (tertiary/aromatic N) is 2. The Bertz CT molecular complexity index is 976. The number of benzene rings is 2. The van der Waals surface area contributed by atoms with E-state index in [0.29, 0.717) is 6.54 Å². The van der Waals surface area contributed by atoms with Crippen LogP contribution in [0.4, 0.5) is 5.69 Å². The Hall–Kier alpha value is -2.85. The van der Waals surface area contributed by atoms with Gasteiger partial charge in [-0.3, -0.25) is 10.1 Å². The first-order valence-electron chi connectivity index (χ1n) is 7.65. The highest BCUT2D eigenvalue weighted by atomic mass is 35.5. The largest absolute Gasteiger partial charge is 0.381 e. The molecule has 0 saturated heterocycles. The summed E-state index contributed by atoms with van der Waals surface area (Å²) in [5, 5.41) is 12.2. The van der Waals surface area contributed by atoms with Crippen molar-refractivity contribution in [1.82, 2.24) is 15.2 Å². The Kier molecular flexibility index (Phi) is 3.89. The molecule has 118 valence electrons. The summed E-state index contributed by atoms with van der Waals surface area (Å²) < 4.78 is 0. The fourth-order valence-corrected chi connectivity index (χ4v) is 2.76. The van der Waals surface area contributed by atoms with Gasteiger partial charge in [-0.2, -0.15) is 5.10 Å². The molecule has 0 aliphatic heterocycles. The van der Waals surface area contributed by atoms with Gasteiger partial charge in [-0.1, -0.05) is 17.7 Å². The minimum absolute atomic E-state index is 0.705. The molecule has 5 heteroatoms. The van der Waals surface area contributed by atoms with Crippen LogP contribution in [0.25, 0.3) is 22.0 Å². The van der Waals surface area contributed by atoms with Crippen molar-refractivity contribution in [1.29, 1.82) is 0 Å². The quantitative estimate of drug-likeness (QED) is 0.558. The van der Waals surface area contributed by atoms with Crippen molar-refractivity contribution in [2.45, 2.75) is 6.54 Å². The van der Waals surface area contributed by atoms with Gasteiger partial charge in [-0.25, -0.2) is 0 Å². The summed E-state index contributed by atoms with van der Waals surface area (Å²) in [5.74, 6) is 0. The fraction of sp³-hybridized carbons (Fsp3) is 0.0526. The zero-order valence-electron chi connectivity index (χ0n) is 12.8. The molecule has 0 aliphatic rings. The van der Waals surface area contributed by atoms with Crippen LogP contribution in [0.15, 0.2) is 67.1 Å². The number of aromatic amines is 1. The van der Waals surface area contributed by atoms with E-state index in [1.165, 1.54) is 0 Å². The van der Waals surface area contributed by atoms with Crippen molar-refractivity contribution in [2.24, 2.45) is 0 Å². The highest BCUT2D eigenvalue weighted by Crippen LogP contribution is 2.24. The number of halogens is 1. The number of fused-ring (bicyclic) bond motifs is 1. The lowest BCUT2D eigenvalue weighted by molar-refractivity contribution is 1.11. The van der Waals surface area contributed by atoms with E-state index in [-0.39, 0.29) is 0 Å². The molecule has 4 nitrogen and oxygen atoms in total. The van der Waals surface area contributed by atoms with E-state index in [9.17, 15) is 0 Å². The molecule has 0 radical (unpaired) electrons. The van der Waals surface area contributed by atoms with Crippen LogP contribution in [0, 0.1) is 0 Å². The topological polar surface area (TPSA) is 53.6 Å². The Morgan fingerprint density at radius 1 is 0.917 bits per heavy atom. The Balaban J connectivity index is 1.55. The van der Waals surface area contributed by atoms with E-state index >= 15 is 0 Å². The maximum atomic E-state index is 5.91. The molecule has 0 saturated carbocycles. The fourth-order valence-electron chi connectivity index (χ4n) is 2.64. The predicted octanol–water partition coefficient (Wildman–Crippen LogP) is 4.89. The number of anilines is 1. The number of hydrogen-bond acceptors (Lipinski definition) is 3. The second-order valence-corrected chi connectivity index (χ2v) is 6.05. The first-order chi connectivity index (χ1) is 11.8. The summed E-state index contributed by atoms with van der Waals surface area (Å²) >= 11 is 5.91. The SMILES string of the molecule is Clc1ccc(NCc2cncc(-c3ccc4[nH]ncc4c3)c2)cc1. The van der Waals surface area contributed by atoms with Crippen molar-refractivity contribution in [3.05, 3.63) is 77.7 Å². The van der Waals surface area contributed by atoms with Gasteiger partial charge in [0.15, 0.2) is 0 Å². The van der Waals surface area contributed by atoms with E-state index in [1.54, 1.807) is 0 Å². The number of pyridine rings is 1. The third kappa shape index (κ3) is 3.09. The van der Waals surface area contributed by atoms with Crippen molar-refractivity contribution in [2.75, 3.05) is 5.32 Å². The molecule has 2 heterocycles. The van der Waals surface area contributed by atoms with E-state index in [0.717, 1.165) is 38.3 Å². The summed E-state index contributed by atoms with van der Waals surface area (Å²) in [6.07, 6.45) is 5.59. The number of H-pyrrole nitrogens is 1. The average Bonchev–Trinajstić information content (AvgIpc) is 3.09. The Morgan fingerprint density at radius 3 is 2.67 bits per heavy atom. The molecular weight excluding hydrogens is 320 g/mol. The summed E-state index contributed by atoms with van der Waals surface area (Å²) in [6.45, 7) is 0.705. The Morgan fingerprint density at radius 2 is 1.79 bits per heavy atom. The lowest BCUT2D eigenvalue weighted by Gasteiger charge is -2.08. The zero-order chi connectivity index (χ0) is 16.4. The van der Waals surface area contributed by atoms with Gasteiger partial charge in [0.2, 0.25) is 0 Å². The third-order valence-corrected chi connectivity index (χ3v) is 4.16. The smallest absolute Gasteiger partial charge is 0.0650 e. The summed E-state index contributed by atoms with van der Waals surface area (Å²) in [4.78, 5) is 4.37. The van der Waals surface area contributed by atoms with Crippen LogP contribution >= 0.6 is 11.6 Å². The second-order valence-electron chi connectivity index (χ2n) is 5.61. The highest BCUT2D eigenvalue weighted by Gasteiger charge is 2.03. The Labute approximate surface area is 144 Å². The van der Waals surface area contributed by atoms with Crippen molar-refractivity contribution in [3.63, 3.8) is 0 Å². The van der Waals surface area contributed by atoms with Crippen molar-refractivity contribution < 1.29 is 0 Å². The minimum Gasteiger partial charge on any atom is -0.381 e. The highest BCUT2D eigenvalue weighted by molar-refractivity contribution is 6.30. The van der Waals surface area contributed by atoms with Gasteiger partial charge >= 0.3 is 0 Å². The molecule has 2 N–H and O–H groups in total. The number of hydrogen-bond donors (Lipinski definition) is 2. The summed E-state index contributed by atoms with van der Waals surface area (Å²) in [6, 6.07) is 16.1. The lowest BCUT2D eigenvalue weighted by Crippen LogP contribution is -2.00. The van der Waals surface area contributed by atoms with Gasteiger partial charge < -0.3 is 5.32 Å². The van der Waals surface area contributed by atoms with Gasteiger partial charge in [0.25, 0.3) is 0 Å². The molecule has 4 rings (SSSR count). The van der Waals surface area contributed by atoms with Gasteiger partial charge in [0.05, 0.1) is 11.7 Å². The summed E-state index contributed by atoms with van der Waals surface area (Å²) in [5.41, 5.74) is 5.41. The van der Waals surface area contributed by atoms with E-state index in [1.807, 2.05) is 48.9 Å². The molecule has 0 bridgehead atoms. The standard InChI is InChI=1S/C19H15ClN4/c20-17-2-4-18(5-3-17)22-10-13-7-15(11-21-9-13)14-1-6-19-16(8-14)12-23-24-19/h1-9,11-12,22H,10H2,(H,23,24). The number of nitrogens with one attached hydrogen (secondary N) is 2. The molecule has 2 aromatic carbocycles. The third-order valence-electron chi connectivity index (χ3n) is 3.91. The van der Waals surface area contributed by atoms with Crippen LogP contribution < -0.4 is 5.32 Å². The van der Waals surface area contributed by atoms with Crippen LogP contribution in [0.5, 0.6) is 0 Å². The first kappa shape index (κ1) is 14.7. The molecule has 0 aliphatic carbocycles. The maximum absolute atomic E-state index is 5.91. The molecule has 0 unspecified atom stereocenters. The van der Waals surface area contributed by atoms with Gasteiger partial charge in [0, 0.05) is 40.6 Å². The van der Waals surface area contributed by atoms with Crippen LogP contribution in [0.3, 0.4) is 0 Å². The predicted molar refractivity (Wildman–Crippen MR) is 98.1 cm³/mol. The van der Waals surface area contributed by atoms with Crippen LogP contribution in [0.2, 0.25) is 5.02 Å². The molecule has 2 aromatic heterocycles. The molecule has 24 heavy (non-hydrogen) atoms. The van der Waals surface area contributed by atoms with E-state index < -0.39 is 0 Å². The van der Waals surface area contributed by atoms with Gasteiger partial charge in [-0.05, 0) is 53.6 Å². The maximum Gasteiger partial charge on any atom is 0.0650 e. The van der Waals surface area contributed by atoms with Gasteiger partial charge in [0.1, 0.15) is 0 Å². The zero-order valence-corrected chi connectivity index (χ0v) is 13.6. The van der Waals surface area contributed by atoms with Crippen LogP contribution in [-0.2, 0) is 6.54 Å². The minimum atomic E-state index is 0.705. The monoisotopic (exact) mass is 334 g/mol. The molecule has 0 fully saturated rings. The summed E-state index contributed by atoms with van der Waals surface area (Å²) in [7, 11) is 0. The normalized spacial score (nSPS) is 10.9. The van der Waals surface area contributed by atoms with E-state index in [2.05, 4.69) is 38.7 Å². The molecule has 0 amide bonds. The molecule has 0 atom stereocenters. The number of rotatable bonds is 4. The lowest BCUT2D eigenvalue weighted by atomic mass is 10.0. The second kappa shape index (κ2) is 6.34. The molecule has 4 aromatic rings. The van der Waals surface area contributed by atoms with Gasteiger partial charge in [-0.15, -0.1) is 0 Å². The van der Waals surface area contributed by atoms with Crippen molar-refractivity contribution in [3.8, 4) is 11.1 Å². The molecule has 0 spiro atoms. The molecular formula is C19H15ClN4. The van der Waals surface area contributed by atoms with Crippen LogP contribution in [-0.4, -0.2) is 15.2 Å².